The number of fused-ring (bicyclic) bond motifs is 2. The number of hydrogen-bond acceptors (Lipinski definition) is 16. The van der Waals surface area contributed by atoms with Gasteiger partial charge in [0.2, 0.25) is 5.91 Å². The van der Waals surface area contributed by atoms with Gasteiger partial charge in [-0.2, -0.15) is 0 Å². The Morgan fingerprint density at radius 3 is 1.59 bits per heavy atom. The number of rotatable bonds is 10. The Hall–Kier alpha value is -8.46. The molecule has 79 heavy (non-hydrogen) atoms. The Morgan fingerprint density at radius 1 is 0.557 bits per heavy atom. The highest BCUT2D eigenvalue weighted by Gasteiger charge is 2.33. The smallest absolute Gasteiger partial charge is 0.333 e. The van der Waals surface area contributed by atoms with Gasteiger partial charge in [0.05, 0.1) is 74.9 Å². The third kappa shape index (κ3) is 13.3. The Morgan fingerprint density at radius 2 is 1.05 bits per heavy atom. The summed E-state index contributed by atoms with van der Waals surface area (Å²) >= 11 is 1.58. The van der Waals surface area contributed by atoms with Crippen LogP contribution in [0.1, 0.15) is 122 Å². The van der Waals surface area contributed by atoms with Crippen LogP contribution in [0.25, 0.3) is 34.2 Å². The van der Waals surface area contributed by atoms with Crippen molar-refractivity contribution in [1.82, 2.24) is 60.7 Å². The topological polar surface area (TPSA) is 235 Å². The Labute approximate surface area is 460 Å². The molecule has 16 bridgehead atoms. The molecule has 5 aliphatic rings. The number of pyridine rings is 6. The van der Waals surface area contributed by atoms with Gasteiger partial charge in [0.25, 0.3) is 23.6 Å². The fraction of sp³-hybridized carbons (Fsp3) is 0.322. The monoisotopic (exact) mass is 1080 g/mol. The van der Waals surface area contributed by atoms with E-state index in [1.165, 1.54) is 0 Å². The van der Waals surface area contributed by atoms with Crippen molar-refractivity contribution in [2.45, 2.75) is 116 Å². The number of imide groups is 1. The number of nitrogens with one attached hydrogen (secondary N) is 3. The average molecular weight is 1080 g/mol. The third-order valence-corrected chi connectivity index (χ3v) is 15.2. The van der Waals surface area contributed by atoms with E-state index in [4.69, 9.17) is 34.7 Å². The second kappa shape index (κ2) is 24.1. The molecule has 0 aromatic carbocycles. The van der Waals surface area contributed by atoms with E-state index in [2.05, 4.69) is 25.8 Å². The first-order chi connectivity index (χ1) is 38.5. The molecule has 20 heteroatoms. The Balaban J connectivity index is 0.878. The number of nitrogens with zero attached hydrogens (tertiary/aromatic N) is 9. The molecule has 0 spiro atoms. The van der Waals surface area contributed by atoms with Crippen molar-refractivity contribution >= 4 is 46.8 Å². The molecule has 1 fully saturated rings. The van der Waals surface area contributed by atoms with Crippen LogP contribution in [0.5, 0.6) is 0 Å². The maximum atomic E-state index is 14.8. The predicted octanol–water partition coefficient (Wildman–Crippen LogP) is 7.19. The molecular weight excluding hydrogens is 1020 g/mol. The Kier molecular flexibility index (Phi) is 16.0. The summed E-state index contributed by atoms with van der Waals surface area (Å²) in [6, 6.07) is 33.8. The number of thiophene rings is 1. The van der Waals surface area contributed by atoms with Gasteiger partial charge in [0.15, 0.2) is 0 Å². The summed E-state index contributed by atoms with van der Waals surface area (Å²) in [4.78, 5) is 121. The summed E-state index contributed by atoms with van der Waals surface area (Å²) in [6.07, 6.45) is 4.49. The molecule has 12 rings (SSSR count). The number of hydroxylamine groups is 2. The van der Waals surface area contributed by atoms with E-state index < -0.39 is 29.7 Å². The van der Waals surface area contributed by atoms with Gasteiger partial charge in [-0.05, 0) is 123 Å². The molecule has 19 nitrogen and oxygen atoms in total. The molecule has 402 valence electrons. The van der Waals surface area contributed by atoms with Crippen LogP contribution in [0.2, 0.25) is 0 Å². The van der Waals surface area contributed by atoms with Crippen molar-refractivity contribution in [3.05, 3.63) is 164 Å². The fourth-order valence-electron chi connectivity index (χ4n) is 10.2. The second-order valence-corrected chi connectivity index (χ2v) is 21.5. The van der Waals surface area contributed by atoms with Crippen LogP contribution in [-0.2, 0) is 76.2 Å². The van der Waals surface area contributed by atoms with Gasteiger partial charge < -0.3 is 20.8 Å². The lowest BCUT2D eigenvalue weighted by molar-refractivity contribution is -0.197. The molecule has 1 saturated heterocycles. The van der Waals surface area contributed by atoms with Crippen LogP contribution in [0.4, 0.5) is 0 Å². The summed E-state index contributed by atoms with van der Waals surface area (Å²) in [5.41, 5.74) is 8.76. The molecular formula is C59H58N12O7S. The molecule has 12 heterocycles. The van der Waals surface area contributed by atoms with E-state index in [-0.39, 0.29) is 49.7 Å². The average Bonchev–Trinajstić information content (AvgIpc) is 4.05. The van der Waals surface area contributed by atoms with E-state index >= 15 is 0 Å². The molecule has 0 aliphatic carbocycles. The summed E-state index contributed by atoms with van der Waals surface area (Å²) in [7, 11) is 0. The number of amides is 5. The van der Waals surface area contributed by atoms with E-state index in [1.54, 1.807) is 29.5 Å². The zero-order chi connectivity index (χ0) is 54.2. The summed E-state index contributed by atoms with van der Waals surface area (Å²) in [5, 5.41) is 9.82. The van der Waals surface area contributed by atoms with E-state index in [0.717, 1.165) is 74.6 Å². The molecule has 5 amide bonds. The summed E-state index contributed by atoms with van der Waals surface area (Å²) in [5.74, 6) is -2.67. The number of hydrogen-bond donors (Lipinski definition) is 3. The van der Waals surface area contributed by atoms with Gasteiger partial charge >= 0.3 is 5.97 Å². The lowest BCUT2D eigenvalue weighted by atomic mass is 10.1. The first-order valence-corrected chi connectivity index (χ1v) is 27.6. The highest BCUT2D eigenvalue weighted by molar-refractivity contribution is 7.12. The number of carbonyl (C=O) groups is 6. The standard InChI is InChI=1S/C59H58N12O7S/c72-54-23-24-55(73)71(54)78-56(74)20-3-1-2-14-45-21-22-46(79-45)30-61-59(77)51-15-4-5-25-60-57(75)37-26-43-35-69-31-39-10-6-16-47(62-39)49-18-8-12-41(64-49)33-70(34-42-13-9-19-50(65-42)48-17-7-11-40(32-69)63-48)36-44-27-38(58(76)68-51)29-53(67-44)52(28-37)66-43/h6-13,16-19,21-22,26-29,51H,1-5,14-15,20,23-25,30-36H2,(H,60,75)(H,61,77)(H,68,76). The lowest BCUT2D eigenvalue weighted by Gasteiger charge is -2.24. The molecule has 7 aromatic heterocycles. The highest BCUT2D eigenvalue weighted by Crippen LogP contribution is 2.27. The molecule has 0 radical (unpaired) electrons. The lowest BCUT2D eigenvalue weighted by Crippen LogP contribution is -2.46. The van der Waals surface area contributed by atoms with Crippen molar-refractivity contribution < 1.29 is 33.6 Å². The molecule has 1 unspecified atom stereocenters. The number of carbonyl (C=O) groups excluding carboxylic acids is 6. The van der Waals surface area contributed by atoms with Crippen LogP contribution >= 0.6 is 11.3 Å². The first-order valence-electron chi connectivity index (χ1n) is 26.8. The van der Waals surface area contributed by atoms with Crippen molar-refractivity contribution in [2.24, 2.45) is 0 Å². The minimum atomic E-state index is -0.897. The summed E-state index contributed by atoms with van der Waals surface area (Å²) in [6.45, 7) is 2.74. The molecule has 0 saturated carbocycles. The SMILES string of the molecule is O=C(CCCCCc1ccc(CNC(=O)C2CCCCNC(=O)c3cc4nc(c3)-c3cc(cc(n3)CN3Cc5cccc(n5)-c5cccc(n5)CN(Cc5cccc(n5)-c5cccc(n5)C3)C4)C(=O)N2)s1)ON1C(=O)CCC1=O. The van der Waals surface area contributed by atoms with E-state index in [9.17, 15) is 28.8 Å². The van der Waals surface area contributed by atoms with E-state index in [1.807, 2.05) is 91.0 Å². The molecule has 5 aliphatic heterocycles. The van der Waals surface area contributed by atoms with Crippen molar-refractivity contribution in [3.63, 3.8) is 0 Å². The van der Waals surface area contributed by atoms with Crippen LogP contribution in [-0.4, -0.2) is 92.9 Å². The van der Waals surface area contributed by atoms with Crippen molar-refractivity contribution in [3.8, 4) is 34.2 Å². The minimum Gasteiger partial charge on any atom is -0.352 e. The van der Waals surface area contributed by atoms with Crippen LogP contribution in [0, 0.1) is 0 Å². The van der Waals surface area contributed by atoms with Crippen LogP contribution in [0.15, 0.2) is 109 Å². The highest BCUT2D eigenvalue weighted by atomic mass is 32.1. The van der Waals surface area contributed by atoms with Gasteiger partial charge in [0.1, 0.15) is 6.04 Å². The van der Waals surface area contributed by atoms with Crippen molar-refractivity contribution in [2.75, 3.05) is 6.54 Å². The summed E-state index contributed by atoms with van der Waals surface area (Å²) < 4.78 is 0. The van der Waals surface area contributed by atoms with E-state index in [0.29, 0.717) is 98.4 Å². The number of unbranched alkanes of at least 4 members (excludes halogenated alkanes) is 2. The molecule has 1 atom stereocenters. The Bertz CT molecular complexity index is 3370. The van der Waals surface area contributed by atoms with Crippen LogP contribution in [0.3, 0.4) is 0 Å². The van der Waals surface area contributed by atoms with Gasteiger partial charge in [0, 0.05) is 86.0 Å². The van der Waals surface area contributed by atoms with Crippen molar-refractivity contribution in [1.29, 1.82) is 0 Å². The largest absolute Gasteiger partial charge is 0.352 e. The minimum absolute atomic E-state index is 0.0519. The predicted molar refractivity (Wildman–Crippen MR) is 291 cm³/mol. The quantitative estimate of drug-likeness (QED) is 0.0908. The third-order valence-electron chi connectivity index (χ3n) is 14.1. The zero-order valence-corrected chi connectivity index (χ0v) is 44.3. The number of aryl methyl sites for hydroxylation is 1. The zero-order valence-electron chi connectivity index (χ0n) is 43.5. The van der Waals surface area contributed by atoms with Crippen LogP contribution < -0.4 is 16.0 Å². The van der Waals surface area contributed by atoms with Gasteiger partial charge in [-0.3, -0.25) is 33.8 Å². The first kappa shape index (κ1) is 52.6. The number of aromatic nitrogens is 6. The van der Waals surface area contributed by atoms with Gasteiger partial charge in [-0.25, -0.2) is 34.7 Å². The second-order valence-electron chi connectivity index (χ2n) is 20.3. The maximum Gasteiger partial charge on any atom is 0.333 e. The normalized spacial score (nSPS) is 18.3. The molecule has 3 N–H and O–H groups in total. The maximum absolute atomic E-state index is 14.8. The fourth-order valence-corrected chi connectivity index (χ4v) is 11.2. The van der Waals surface area contributed by atoms with Gasteiger partial charge in [-0.1, -0.05) is 30.7 Å². The van der Waals surface area contributed by atoms with Gasteiger partial charge in [-0.15, -0.1) is 16.4 Å². The molecule has 7 aromatic rings.